The molecule has 6 nitrogen and oxygen atoms in total. The maximum Gasteiger partial charge on any atom is 0.264 e. The Kier molecular flexibility index (Phi) is 7.26. The van der Waals surface area contributed by atoms with Gasteiger partial charge in [0.1, 0.15) is 5.75 Å². The van der Waals surface area contributed by atoms with E-state index < -0.39 is 10.0 Å². The molecule has 172 valence electrons. The average molecular weight is 477 g/mol. The lowest BCUT2D eigenvalue weighted by atomic mass is 10.0. The lowest BCUT2D eigenvalue weighted by Gasteiger charge is -2.30. The third kappa shape index (κ3) is 5.21. The number of para-hydroxylation sites is 1. The van der Waals surface area contributed by atoms with E-state index in [1.165, 1.54) is 35.3 Å². The number of benzene rings is 2. The zero-order valence-corrected chi connectivity index (χ0v) is 19.6. The fourth-order valence-electron chi connectivity index (χ4n) is 4.47. The Hall–Kier alpha value is -2.25. The fraction of sp³-hybridized carbons (Fsp3) is 0.458. The summed E-state index contributed by atoms with van der Waals surface area (Å²) in [6.45, 7) is 0.276. The van der Waals surface area contributed by atoms with E-state index in [-0.39, 0.29) is 28.5 Å². The Morgan fingerprint density at radius 2 is 1.81 bits per heavy atom. The number of amides is 1. The van der Waals surface area contributed by atoms with E-state index in [4.69, 9.17) is 16.3 Å². The number of fused-ring (bicyclic) bond motifs is 1. The summed E-state index contributed by atoms with van der Waals surface area (Å²) in [6.07, 6.45) is 8.33. The molecule has 1 N–H and O–H groups in total. The molecular weight excluding hydrogens is 448 g/mol. The topological polar surface area (TPSA) is 75.7 Å². The molecule has 1 aliphatic heterocycles. The molecule has 1 aliphatic carbocycles. The number of halogens is 1. The molecule has 0 saturated heterocycles. The normalized spacial score (nSPS) is 17.3. The van der Waals surface area contributed by atoms with E-state index >= 15 is 0 Å². The highest BCUT2D eigenvalue weighted by Crippen LogP contribution is 2.34. The maximum atomic E-state index is 13.3. The van der Waals surface area contributed by atoms with Crippen LogP contribution in [0, 0.1) is 0 Å². The van der Waals surface area contributed by atoms with Gasteiger partial charge < -0.3 is 10.1 Å². The van der Waals surface area contributed by atoms with Crippen molar-refractivity contribution in [1.29, 1.82) is 0 Å². The molecule has 2 aliphatic rings. The molecular formula is C24H29ClN2O4S. The van der Waals surface area contributed by atoms with Crippen LogP contribution in [0.3, 0.4) is 0 Å². The summed E-state index contributed by atoms with van der Waals surface area (Å²) >= 11 is 6.33. The van der Waals surface area contributed by atoms with Crippen LogP contribution < -0.4 is 14.4 Å². The summed E-state index contributed by atoms with van der Waals surface area (Å²) in [6, 6.07) is 12.1. The van der Waals surface area contributed by atoms with Gasteiger partial charge in [-0.25, -0.2) is 8.42 Å². The van der Waals surface area contributed by atoms with E-state index in [1.807, 2.05) is 24.3 Å². The maximum absolute atomic E-state index is 13.3. The Morgan fingerprint density at radius 1 is 1.06 bits per heavy atom. The minimum Gasteiger partial charge on any atom is -0.482 e. The molecule has 0 aromatic heterocycles. The number of aryl methyl sites for hydroxylation is 1. The lowest BCUT2D eigenvalue weighted by Crippen LogP contribution is -2.37. The third-order valence-corrected chi connectivity index (χ3v) is 8.24. The van der Waals surface area contributed by atoms with Crippen LogP contribution in [-0.4, -0.2) is 33.5 Å². The zero-order chi connectivity index (χ0) is 22.6. The number of rotatable bonds is 6. The predicted octanol–water partition coefficient (Wildman–Crippen LogP) is 4.70. The van der Waals surface area contributed by atoms with E-state index in [0.29, 0.717) is 18.0 Å². The van der Waals surface area contributed by atoms with Crippen molar-refractivity contribution in [3.8, 4) is 5.75 Å². The van der Waals surface area contributed by atoms with E-state index in [0.717, 1.165) is 44.1 Å². The van der Waals surface area contributed by atoms with Gasteiger partial charge in [-0.05, 0) is 55.5 Å². The molecule has 1 fully saturated rings. The molecule has 1 saturated carbocycles. The standard InChI is InChI=1S/C24H29ClN2O4S/c25-21-16-20(32(29,30)27-15-7-9-18-8-5-6-12-22(18)27)13-14-23(21)31-17-24(28)26-19-10-3-1-2-4-11-19/h5-6,8,12-14,16,19H,1-4,7,9-11,15,17H2,(H,26,28). The number of carbonyl (C=O) groups excluding carboxylic acids is 1. The van der Waals surface area contributed by atoms with Gasteiger partial charge in [-0.1, -0.05) is 55.5 Å². The quantitative estimate of drug-likeness (QED) is 0.613. The monoisotopic (exact) mass is 476 g/mol. The molecule has 2 aromatic carbocycles. The Labute approximate surface area is 195 Å². The highest BCUT2D eigenvalue weighted by atomic mass is 35.5. The summed E-state index contributed by atoms with van der Waals surface area (Å²) in [5, 5.41) is 3.19. The van der Waals surface area contributed by atoms with Gasteiger partial charge in [0.05, 0.1) is 15.6 Å². The van der Waals surface area contributed by atoms with Crippen LogP contribution in [0.25, 0.3) is 0 Å². The first-order chi connectivity index (χ1) is 15.4. The molecule has 0 unspecified atom stereocenters. The second-order valence-corrected chi connectivity index (χ2v) is 10.7. The molecule has 32 heavy (non-hydrogen) atoms. The van der Waals surface area contributed by atoms with Crippen LogP contribution in [0.5, 0.6) is 5.75 Å². The number of nitrogens with zero attached hydrogens (tertiary/aromatic N) is 1. The first-order valence-electron chi connectivity index (χ1n) is 11.3. The molecule has 0 atom stereocenters. The molecule has 4 rings (SSSR count). The lowest BCUT2D eigenvalue weighted by molar-refractivity contribution is -0.123. The third-order valence-electron chi connectivity index (χ3n) is 6.14. The summed E-state index contributed by atoms with van der Waals surface area (Å²) < 4.78 is 33.6. The van der Waals surface area contributed by atoms with Crippen molar-refractivity contribution < 1.29 is 17.9 Å². The number of sulfonamides is 1. The smallest absolute Gasteiger partial charge is 0.264 e. The van der Waals surface area contributed by atoms with Crippen LogP contribution in [0.4, 0.5) is 5.69 Å². The first-order valence-corrected chi connectivity index (χ1v) is 13.1. The molecule has 8 heteroatoms. The number of carbonyl (C=O) groups is 1. The summed E-state index contributed by atoms with van der Waals surface area (Å²) in [5.74, 6) is 0.107. The molecule has 1 amide bonds. The van der Waals surface area contributed by atoms with Crippen molar-refractivity contribution in [2.45, 2.75) is 62.3 Å². The van der Waals surface area contributed by atoms with Crippen molar-refractivity contribution in [1.82, 2.24) is 5.32 Å². The highest BCUT2D eigenvalue weighted by Gasteiger charge is 2.29. The molecule has 0 bridgehead atoms. The van der Waals surface area contributed by atoms with Gasteiger partial charge in [-0.3, -0.25) is 9.10 Å². The van der Waals surface area contributed by atoms with E-state index in [2.05, 4.69) is 5.32 Å². The van der Waals surface area contributed by atoms with Gasteiger partial charge in [0.2, 0.25) is 0 Å². The van der Waals surface area contributed by atoms with Crippen LogP contribution >= 0.6 is 11.6 Å². The zero-order valence-electron chi connectivity index (χ0n) is 18.1. The van der Waals surface area contributed by atoms with E-state index in [9.17, 15) is 13.2 Å². The van der Waals surface area contributed by atoms with Crippen molar-refractivity contribution in [3.05, 3.63) is 53.1 Å². The Morgan fingerprint density at radius 3 is 2.56 bits per heavy atom. The predicted molar refractivity (Wildman–Crippen MR) is 126 cm³/mol. The van der Waals surface area contributed by atoms with Gasteiger partial charge in [0.15, 0.2) is 6.61 Å². The minimum atomic E-state index is -3.75. The van der Waals surface area contributed by atoms with E-state index in [1.54, 1.807) is 0 Å². The second kappa shape index (κ2) is 10.1. The number of ether oxygens (including phenoxy) is 1. The van der Waals surface area contributed by atoms with Crippen molar-refractivity contribution in [3.63, 3.8) is 0 Å². The highest BCUT2D eigenvalue weighted by molar-refractivity contribution is 7.92. The number of hydrogen-bond donors (Lipinski definition) is 1. The Balaban J connectivity index is 1.42. The van der Waals surface area contributed by atoms with Crippen LogP contribution in [0.15, 0.2) is 47.4 Å². The average Bonchev–Trinajstić information content (AvgIpc) is 3.06. The molecule has 0 spiro atoms. The van der Waals surface area contributed by atoms with Crippen LogP contribution in [0.2, 0.25) is 5.02 Å². The second-order valence-electron chi connectivity index (χ2n) is 8.45. The van der Waals surface area contributed by atoms with Gasteiger partial charge in [-0.2, -0.15) is 0 Å². The van der Waals surface area contributed by atoms with Gasteiger partial charge in [-0.15, -0.1) is 0 Å². The minimum absolute atomic E-state index is 0.106. The van der Waals surface area contributed by atoms with Crippen LogP contribution in [-0.2, 0) is 21.2 Å². The van der Waals surface area contributed by atoms with Crippen molar-refractivity contribution in [2.24, 2.45) is 0 Å². The molecule has 0 radical (unpaired) electrons. The summed E-state index contributed by atoms with van der Waals surface area (Å²) in [4.78, 5) is 12.4. The van der Waals surface area contributed by atoms with Crippen molar-refractivity contribution >= 4 is 33.2 Å². The van der Waals surface area contributed by atoms with Crippen molar-refractivity contribution in [2.75, 3.05) is 17.5 Å². The fourth-order valence-corrected chi connectivity index (χ4v) is 6.34. The number of nitrogens with one attached hydrogen (secondary N) is 1. The van der Waals surface area contributed by atoms with Gasteiger partial charge in [0, 0.05) is 12.6 Å². The van der Waals surface area contributed by atoms with Crippen LogP contribution in [0.1, 0.15) is 50.5 Å². The Bertz CT molecular complexity index is 1070. The largest absolute Gasteiger partial charge is 0.482 e. The molecule has 2 aromatic rings. The van der Waals surface area contributed by atoms with Gasteiger partial charge >= 0.3 is 0 Å². The SMILES string of the molecule is O=C(COc1ccc(S(=O)(=O)N2CCCc3ccccc32)cc1Cl)NC1CCCCCC1. The number of anilines is 1. The first kappa shape index (κ1) is 22.9. The van der Waals surface area contributed by atoms with Gasteiger partial charge in [0.25, 0.3) is 15.9 Å². The summed E-state index contributed by atoms with van der Waals surface area (Å²) in [7, 11) is -3.75. The number of hydrogen-bond acceptors (Lipinski definition) is 4. The molecule has 1 heterocycles. The summed E-state index contributed by atoms with van der Waals surface area (Å²) in [5.41, 5.74) is 1.73.